The molecule has 0 saturated heterocycles. The first-order chi connectivity index (χ1) is 15.3. The Balaban J connectivity index is 1.83. The molecule has 0 heterocycles. The van der Waals surface area contributed by atoms with Crippen molar-refractivity contribution in [3.05, 3.63) is 100 Å². The minimum absolute atomic E-state index is 0.0902. The Morgan fingerprint density at radius 3 is 2.22 bits per heavy atom. The first kappa shape index (κ1) is 23.1. The number of amides is 1. The van der Waals surface area contributed by atoms with Gasteiger partial charge in [-0.15, -0.1) is 0 Å². The van der Waals surface area contributed by atoms with Gasteiger partial charge in [0.2, 0.25) is 15.9 Å². The van der Waals surface area contributed by atoms with E-state index in [4.69, 9.17) is 0 Å². The Kier molecular flexibility index (Phi) is 7.34. The molecule has 3 aromatic rings. The van der Waals surface area contributed by atoms with E-state index in [0.29, 0.717) is 12.0 Å². The van der Waals surface area contributed by atoms with Crippen LogP contribution in [0.4, 0.5) is 11.4 Å². The Morgan fingerprint density at radius 2 is 1.59 bits per heavy atom. The van der Waals surface area contributed by atoms with Crippen LogP contribution in [0.5, 0.6) is 0 Å². The first-order valence-electron chi connectivity index (χ1n) is 9.92. The fraction of sp³-hybridized carbons (Fsp3) is 0.174. The molecule has 0 saturated carbocycles. The highest BCUT2D eigenvalue weighted by Gasteiger charge is 2.27. The molecule has 0 fully saturated rings. The van der Waals surface area contributed by atoms with Gasteiger partial charge in [-0.1, -0.05) is 54.6 Å². The van der Waals surface area contributed by atoms with E-state index in [9.17, 15) is 23.3 Å². The van der Waals surface area contributed by atoms with Gasteiger partial charge >= 0.3 is 0 Å². The Morgan fingerprint density at radius 1 is 0.969 bits per heavy atom. The number of hydrogen-bond donors (Lipinski definition) is 1. The summed E-state index contributed by atoms with van der Waals surface area (Å²) in [6.07, 6.45) is 0.427. The number of anilines is 1. The van der Waals surface area contributed by atoms with E-state index in [1.54, 1.807) is 24.3 Å². The summed E-state index contributed by atoms with van der Waals surface area (Å²) in [5, 5.41) is 13.8. The second-order valence-corrected chi connectivity index (χ2v) is 9.08. The Hall–Kier alpha value is -3.56. The zero-order valence-electron chi connectivity index (χ0n) is 17.5. The molecule has 0 aliphatic rings. The molecule has 0 unspecified atom stereocenters. The summed E-state index contributed by atoms with van der Waals surface area (Å²) in [6.45, 7) is 1.20. The lowest BCUT2D eigenvalue weighted by Gasteiger charge is -2.22. The van der Waals surface area contributed by atoms with Gasteiger partial charge in [0.25, 0.3) is 5.69 Å². The van der Waals surface area contributed by atoms with Gasteiger partial charge in [0.15, 0.2) is 0 Å². The third-order valence-corrected chi connectivity index (χ3v) is 6.83. The van der Waals surface area contributed by atoms with Crippen LogP contribution >= 0.6 is 0 Å². The van der Waals surface area contributed by atoms with Crippen molar-refractivity contribution in [1.82, 2.24) is 4.31 Å². The maximum absolute atomic E-state index is 13.2. The van der Waals surface area contributed by atoms with Crippen LogP contribution in [0.2, 0.25) is 0 Å². The normalized spacial score (nSPS) is 11.3. The predicted molar refractivity (Wildman–Crippen MR) is 122 cm³/mol. The molecule has 3 rings (SSSR count). The van der Waals surface area contributed by atoms with E-state index in [-0.39, 0.29) is 22.8 Å². The van der Waals surface area contributed by atoms with Crippen LogP contribution in [0.3, 0.4) is 0 Å². The molecular formula is C23H23N3O5S. The summed E-state index contributed by atoms with van der Waals surface area (Å²) in [5.41, 5.74) is 1.38. The van der Waals surface area contributed by atoms with Crippen molar-refractivity contribution >= 4 is 27.3 Å². The lowest BCUT2D eigenvalue weighted by atomic mass is 10.1. The predicted octanol–water partition coefficient (Wildman–Crippen LogP) is 3.78. The number of benzene rings is 3. The van der Waals surface area contributed by atoms with Crippen molar-refractivity contribution < 1.29 is 18.1 Å². The van der Waals surface area contributed by atoms with Gasteiger partial charge < -0.3 is 5.32 Å². The lowest BCUT2D eigenvalue weighted by molar-refractivity contribution is -0.385. The molecule has 32 heavy (non-hydrogen) atoms. The van der Waals surface area contributed by atoms with E-state index < -0.39 is 27.4 Å². The molecule has 0 atom stereocenters. The van der Waals surface area contributed by atoms with E-state index in [1.807, 2.05) is 30.3 Å². The summed E-state index contributed by atoms with van der Waals surface area (Å²) in [4.78, 5) is 23.5. The molecule has 3 aromatic carbocycles. The zero-order valence-corrected chi connectivity index (χ0v) is 18.3. The van der Waals surface area contributed by atoms with Gasteiger partial charge in [-0.05, 0) is 37.1 Å². The summed E-state index contributed by atoms with van der Waals surface area (Å²) < 4.78 is 27.5. The largest absolute Gasteiger partial charge is 0.324 e. The van der Waals surface area contributed by atoms with Gasteiger partial charge in [0.05, 0.1) is 27.6 Å². The number of hydrogen-bond acceptors (Lipinski definition) is 5. The number of nitro groups is 1. The molecule has 0 bridgehead atoms. The molecule has 0 aliphatic carbocycles. The van der Waals surface area contributed by atoms with Crippen molar-refractivity contribution in [3.63, 3.8) is 0 Å². The van der Waals surface area contributed by atoms with Crippen LogP contribution in [-0.2, 0) is 21.2 Å². The maximum atomic E-state index is 13.2. The number of carbonyl (C=O) groups excluding carboxylic acids is 1. The number of rotatable bonds is 9. The van der Waals surface area contributed by atoms with Gasteiger partial charge in [-0.3, -0.25) is 14.9 Å². The molecule has 166 valence electrons. The SMILES string of the molecule is Cc1c(NC(=O)CN(CCc2ccccc2)S(=O)(=O)c2ccccc2)cccc1[N+](=O)[O-]. The van der Waals surface area contributed by atoms with Gasteiger partial charge in [0, 0.05) is 12.6 Å². The van der Waals surface area contributed by atoms with Crippen molar-refractivity contribution in [2.75, 3.05) is 18.4 Å². The van der Waals surface area contributed by atoms with Crippen LogP contribution in [0.15, 0.2) is 83.8 Å². The first-order valence-corrected chi connectivity index (χ1v) is 11.4. The summed E-state index contributed by atoms with van der Waals surface area (Å²) in [7, 11) is -3.93. The Labute approximate surface area is 186 Å². The minimum Gasteiger partial charge on any atom is -0.324 e. The number of sulfonamides is 1. The Bertz CT molecular complexity index is 1200. The fourth-order valence-electron chi connectivity index (χ4n) is 3.23. The highest BCUT2D eigenvalue weighted by Crippen LogP contribution is 2.25. The smallest absolute Gasteiger partial charge is 0.274 e. The van der Waals surface area contributed by atoms with E-state index in [0.717, 1.165) is 9.87 Å². The number of nitrogens with one attached hydrogen (secondary N) is 1. The van der Waals surface area contributed by atoms with Gasteiger partial charge in [-0.25, -0.2) is 8.42 Å². The van der Waals surface area contributed by atoms with Crippen LogP contribution in [-0.4, -0.2) is 36.6 Å². The minimum atomic E-state index is -3.93. The van der Waals surface area contributed by atoms with E-state index in [2.05, 4.69) is 5.32 Å². The van der Waals surface area contributed by atoms with Crippen molar-refractivity contribution in [3.8, 4) is 0 Å². The van der Waals surface area contributed by atoms with Gasteiger partial charge in [0.1, 0.15) is 0 Å². The number of nitro benzene ring substituents is 1. The third-order valence-electron chi connectivity index (χ3n) is 4.97. The quantitative estimate of drug-likeness (QED) is 0.392. The zero-order chi connectivity index (χ0) is 23.1. The van der Waals surface area contributed by atoms with Crippen LogP contribution in [0.1, 0.15) is 11.1 Å². The molecule has 0 radical (unpaired) electrons. The van der Waals surface area contributed by atoms with Crippen molar-refractivity contribution in [1.29, 1.82) is 0 Å². The molecule has 0 spiro atoms. The second-order valence-electron chi connectivity index (χ2n) is 7.14. The topological polar surface area (TPSA) is 110 Å². The highest BCUT2D eigenvalue weighted by molar-refractivity contribution is 7.89. The summed E-state index contributed by atoms with van der Waals surface area (Å²) >= 11 is 0. The standard InChI is InChI=1S/C23H23N3O5S/c1-18-21(13-8-14-22(18)26(28)29)24-23(27)17-25(16-15-19-9-4-2-5-10-19)32(30,31)20-11-6-3-7-12-20/h2-14H,15-17H2,1H3,(H,24,27). The third kappa shape index (κ3) is 5.57. The molecular weight excluding hydrogens is 430 g/mol. The van der Waals surface area contributed by atoms with Crippen LogP contribution < -0.4 is 5.32 Å². The monoisotopic (exact) mass is 453 g/mol. The fourth-order valence-corrected chi connectivity index (χ4v) is 4.65. The molecule has 0 aromatic heterocycles. The number of nitrogens with zero attached hydrogens (tertiary/aromatic N) is 2. The number of carbonyl (C=O) groups is 1. The molecule has 9 heteroatoms. The second kappa shape index (κ2) is 10.2. The van der Waals surface area contributed by atoms with Crippen LogP contribution in [0, 0.1) is 17.0 Å². The van der Waals surface area contributed by atoms with Crippen molar-refractivity contribution in [2.24, 2.45) is 0 Å². The molecule has 0 aliphatic heterocycles. The lowest BCUT2D eigenvalue weighted by Crippen LogP contribution is -2.39. The van der Waals surface area contributed by atoms with E-state index in [1.165, 1.54) is 31.2 Å². The van der Waals surface area contributed by atoms with Gasteiger partial charge in [-0.2, -0.15) is 4.31 Å². The molecule has 1 amide bonds. The molecule has 1 N–H and O–H groups in total. The highest BCUT2D eigenvalue weighted by atomic mass is 32.2. The summed E-state index contributed by atoms with van der Waals surface area (Å²) in [6, 6.07) is 21.6. The average Bonchev–Trinajstić information content (AvgIpc) is 2.79. The summed E-state index contributed by atoms with van der Waals surface area (Å²) in [5.74, 6) is -0.582. The van der Waals surface area contributed by atoms with Crippen LogP contribution in [0.25, 0.3) is 0 Å². The average molecular weight is 454 g/mol. The van der Waals surface area contributed by atoms with Crippen molar-refractivity contribution in [2.45, 2.75) is 18.2 Å². The van der Waals surface area contributed by atoms with E-state index >= 15 is 0 Å². The molecule has 8 nitrogen and oxygen atoms in total. The maximum Gasteiger partial charge on any atom is 0.274 e.